The maximum Gasteiger partial charge on any atom is 0.321 e. The fraction of sp³-hybridized carbons (Fsp3) is 0.778. The van der Waals surface area contributed by atoms with Gasteiger partial charge in [-0.05, 0) is 0 Å². The highest BCUT2D eigenvalue weighted by atomic mass is 35.6. The van der Waals surface area contributed by atoms with Crippen LogP contribution in [-0.2, 0) is 4.79 Å². The fourth-order valence-electron chi connectivity index (χ4n) is 1.19. The molecular weight excluding hydrogens is 296 g/mol. The first kappa shape index (κ1) is 16.1. The van der Waals surface area contributed by atoms with Gasteiger partial charge in [0.25, 0.3) is 0 Å². The first-order valence-electron chi connectivity index (χ1n) is 4.35. The van der Waals surface area contributed by atoms with Crippen LogP contribution in [0.5, 0.6) is 0 Å². The van der Waals surface area contributed by atoms with Gasteiger partial charge in [0, 0.05) is 17.2 Å². The van der Waals surface area contributed by atoms with Gasteiger partial charge in [-0.25, -0.2) is 0 Å². The molecule has 0 heterocycles. The Balaban J connectivity index is 4.91. The number of carbonyl (C=O) groups is 1. The summed E-state index contributed by atoms with van der Waals surface area (Å²) in [5, 5.41) is 16.9. The summed E-state index contributed by atoms with van der Waals surface area (Å²) in [6, 6.07) is 1.70. The molecule has 2 atom stereocenters. The first-order chi connectivity index (χ1) is 7.02. The van der Waals surface area contributed by atoms with Crippen molar-refractivity contribution in [3.63, 3.8) is 0 Å². The molecule has 0 aliphatic heterocycles. The second-order valence-electron chi connectivity index (χ2n) is 4.01. The zero-order valence-electron chi connectivity index (χ0n) is 8.68. The van der Waals surface area contributed by atoms with Gasteiger partial charge in [0.05, 0.1) is 6.07 Å². The van der Waals surface area contributed by atoms with Crippen LogP contribution < -0.4 is 0 Å². The number of alkyl halides is 4. The number of rotatable bonds is 4. The largest absolute Gasteiger partial charge is 0.480 e. The van der Waals surface area contributed by atoms with E-state index in [1.165, 1.54) is 0 Å². The summed E-state index contributed by atoms with van der Waals surface area (Å²) in [5.74, 6) is -2.48. The van der Waals surface area contributed by atoms with E-state index >= 15 is 0 Å². The molecule has 7 heteroatoms. The molecule has 0 aromatic carbocycles. The van der Waals surface area contributed by atoms with Gasteiger partial charge in [0.15, 0.2) is 3.79 Å². The molecule has 0 spiro atoms. The summed E-state index contributed by atoms with van der Waals surface area (Å²) in [6.45, 7) is 3.12. The maximum atomic E-state index is 10.9. The molecule has 0 radical (unpaired) electrons. The molecule has 0 fully saturated rings. The zero-order valence-corrected chi connectivity index (χ0v) is 11.7. The minimum Gasteiger partial charge on any atom is -0.480 e. The number of halogens is 4. The average Bonchev–Trinajstić information content (AvgIpc) is 2.00. The van der Waals surface area contributed by atoms with Crippen LogP contribution >= 0.6 is 46.4 Å². The van der Waals surface area contributed by atoms with Gasteiger partial charge in [0.2, 0.25) is 0 Å². The highest BCUT2D eigenvalue weighted by Gasteiger charge is 2.43. The molecule has 0 saturated carbocycles. The Bertz CT molecular complexity index is 306. The lowest BCUT2D eigenvalue weighted by molar-refractivity contribution is -0.143. The molecule has 92 valence electrons. The van der Waals surface area contributed by atoms with E-state index < -0.39 is 26.5 Å². The van der Waals surface area contributed by atoms with Gasteiger partial charge in [-0.1, -0.05) is 48.7 Å². The third-order valence-corrected chi connectivity index (χ3v) is 3.52. The van der Waals surface area contributed by atoms with Crippen molar-refractivity contribution in [1.29, 1.82) is 5.26 Å². The lowest BCUT2D eigenvalue weighted by Crippen LogP contribution is -2.39. The molecule has 0 saturated heterocycles. The zero-order chi connectivity index (χ0) is 13.1. The van der Waals surface area contributed by atoms with E-state index in [1.54, 1.807) is 19.9 Å². The number of nitriles is 1. The quantitative estimate of drug-likeness (QED) is 0.807. The fourth-order valence-corrected chi connectivity index (χ4v) is 2.24. The van der Waals surface area contributed by atoms with Crippen LogP contribution in [0.3, 0.4) is 0 Å². The molecule has 3 nitrogen and oxygen atoms in total. The van der Waals surface area contributed by atoms with Gasteiger partial charge < -0.3 is 5.11 Å². The third-order valence-electron chi connectivity index (χ3n) is 2.34. The van der Waals surface area contributed by atoms with E-state index in [1.807, 2.05) is 0 Å². The Kier molecular flexibility index (Phi) is 5.68. The molecule has 0 aromatic heterocycles. The van der Waals surface area contributed by atoms with Crippen LogP contribution in [0.4, 0.5) is 0 Å². The monoisotopic (exact) mass is 305 g/mol. The van der Waals surface area contributed by atoms with E-state index in [-0.39, 0.29) is 6.42 Å². The Labute approximate surface area is 114 Å². The summed E-state index contributed by atoms with van der Waals surface area (Å²) in [7, 11) is 0. The molecule has 0 aromatic rings. The van der Waals surface area contributed by atoms with Gasteiger partial charge >= 0.3 is 5.97 Å². The van der Waals surface area contributed by atoms with Crippen molar-refractivity contribution in [2.24, 2.45) is 11.3 Å². The lowest BCUT2D eigenvalue weighted by Gasteiger charge is -2.33. The van der Waals surface area contributed by atoms with Gasteiger partial charge in [-0.3, -0.25) is 4.79 Å². The van der Waals surface area contributed by atoms with Crippen molar-refractivity contribution in [1.82, 2.24) is 0 Å². The minimum absolute atomic E-state index is 0.0301. The number of hydrogen-bond donors (Lipinski definition) is 1. The Morgan fingerprint density at radius 2 is 1.88 bits per heavy atom. The van der Waals surface area contributed by atoms with Crippen LogP contribution in [0.15, 0.2) is 0 Å². The highest BCUT2D eigenvalue weighted by Crippen LogP contribution is 2.42. The Morgan fingerprint density at radius 3 is 2.12 bits per heavy atom. The van der Waals surface area contributed by atoms with E-state index in [0.29, 0.717) is 0 Å². The molecule has 0 aliphatic carbocycles. The van der Waals surface area contributed by atoms with Crippen molar-refractivity contribution in [2.75, 3.05) is 0 Å². The molecule has 0 aliphatic rings. The van der Waals surface area contributed by atoms with Crippen molar-refractivity contribution in [2.45, 2.75) is 29.4 Å². The van der Waals surface area contributed by atoms with Crippen molar-refractivity contribution in [3.8, 4) is 6.07 Å². The second kappa shape index (κ2) is 5.64. The van der Waals surface area contributed by atoms with Crippen LogP contribution in [-0.4, -0.2) is 20.2 Å². The Hall–Kier alpha value is 0.120. The van der Waals surface area contributed by atoms with Crippen molar-refractivity contribution < 1.29 is 9.90 Å². The minimum atomic E-state index is -1.57. The molecule has 1 N–H and O–H groups in total. The predicted octanol–water partition coefficient (Wildman–Crippen LogP) is 3.60. The molecule has 0 amide bonds. The number of carboxylic acids is 1. The molecule has 2 unspecified atom stereocenters. The summed E-state index contributed by atoms with van der Waals surface area (Å²) >= 11 is 22.7. The van der Waals surface area contributed by atoms with E-state index in [0.717, 1.165) is 0 Å². The van der Waals surface area contributed by atoms with Crippen LogP contribution in [0.25, 0.3) is 0 Å². The number of carboxylic acid groups (broad SMARTS) is 1. The smallest absolute Gasteiger partial charge is 0.321 e. The number of hydrogen-bond acceptors (Lipinski definition) is 2. The Morgan fingerprint density at radius 1 is 1.44 bits per heavy atom. The van der Waals surface area contributed by atoms with Crippen LogP contribution in [0.2, 0.25) is 0 Å². The number of nitrogens with zero attached hydrogens (tertiary/aromatic N) is 1. The van der Waals surface area contributed by atoms with Gasteiger partial charge in [-0.15, -0.1) is 11.6 Å². The summed E-state index contributed by atoms with van der Waals surface area (Å²) in [5.41, 5.74) is -0.994. The lowest BCUT2D eigenvalue weighted by atomic mass is 9.76. The standard InChI is InChI=1S/C9H11Cl4NO2/c1-8(2,5(4-14)7(15)16)6(10)3-9(11,12)13/h5-6H,3H2,1-2H3,(H,15,16). The first-order valence-corrected chi connectivity index (χ1v) is 5.92. The molecule has 16 heavy (non-hydrogen) atoms. The third kappa shape index (κ3) is 4.55. The van der Waals surface area contributed by atoms with Crippen molar-refractivity contribution >= 4 is 52.4 Å². The van der Waals surface area contributed by atoms with Crippen LogP contribution in [0.1, 0.15) is 20.3 Å². The molecule has 0 bridgehead atoms. The van der Waals surface area contributed by atoms with E-state index in [9.17, 15) is 4.79 Å². The molecule has 0 rings (SSSR count). The maximum absolute atomic E-state index is 10.9. The van der Waals surface area contributed by atoms with Gasteiger partial charge in [0.1, 0.15) is 5.92 Å². The van der Waals surface area contributed by atoms with E-state index in [4.69, 9.17) is 56.8 Å². The summed E-state index contributed by atoms with van der Waals surface area (Å²) in [4.78, 5) is 10.9. The number of aliphatic carboxylic acids is 1. The average molecular weight is 307 g/mol. The summed E-state index contributed by atoms with van der Waals surface area (Å²) in [6.07, 6.45) is -0.0301. The topological polar surface area (TPSA) is 61.1 Å². The van der Waals surface area contributed by atoms with Crippen molar-refractivity contribution in [3.05, 3.63) is 0 Å². The normalized spacial score (nSPS) is 16.3. The SMILES string of the molecule is CC(C)(C(Cl)CC(Cl)(Cl)Cl)C(C#N)C(=O)O. The van der Waals surface area contributed by atoms with Gasteiger partial charge in [-0.2, -0.15) is 5.26 Å². The predicted molar refractivity (Wildman–Crippen MR) is 65.1 cm³/mol. The van der Waals surface area contributed by atoms with E-state index in [2.05, 4.69) is 0 Å². The second-order valence-corrected chi connectivity index (χ2v) is 7.05. The molecular formula is C9H11Cl4NO2. The van der Waals surface area contributed by atoms with Crippen LogP contribution in [0, 0.1) is 22.7 Å². The summed E-state index contributed by atoms with van der Waals surface area (Å²) < 4.78 is -1.57. The highest BCUT2D eigenvalue weighted by molar-refractivity contribution is 6.67.